The van der Waals surface area contributed by atoms with E-state index < -0.39 is 0 Å². The Hall–Kier alpha value is -2.09. The van der Waals surface area contributed by atoms with Crippen LogP contribution in [0.2, 0.25) is 0 Å². The van der Waals surface area contributed by atoms with Crippen molar-refractivity contribution in [1.82, 2.24) is 25.3 Å². The number of aryl methyl sites for hydroxylation is 3. The van der Waals surface area contributed by atoms with Crippen molar-refractivity contribution in [2.75, 3.05) is 46.9 Å². The first kappa shape index (κ1) is 20.2. The van der Waals surface area contributed by atoms with E-state index in [1.54, 1.807) is 19.0 Å². The molecule has 0 bridgehead atoms. The van der Waals surface area contributed by atoms with E-state index in [0.29, 0.717) is 11.9 Å². The van der Waals surface area contributed by atoms with Crippen molar-refractivity contribution in [1.29, 1.82) is 0 Å². The van der Waals surface area contributed by atoms with Gasteiger partial charge in [0, 0.05) is 51.9 Å². The largest absolute Gasteiger partial charge is 0.381 e. The lowest BCUT2D eigenvalue weighted by molar-refractivity contribution is -0.127. The zero-order valence-corrected chi connectivity index (χ0v) is 16.4. The smallest absolute Gasteiger partial charge is 0.243 e. The highest BCUT2D eigenvalue weighted by Crippen LogP contribution is 2.10. The second-order valence-corrected chi connectivity index (χ2v) is 6.99. The normalized spacial score (nSPS) is 17.4. The van der Waals surface area contributed by atoms with E-state index >= 15 is 0 Å². The number of nitrogens with one attached hydrogen (secondary N) is 2. The summed E-state index contributed by atoms with van der Waals surface area (Å²) < 4.78 is 7.43. The molecular formula is C18H32N6O2. The molecule has 1 unspecified atom stereocenters. The first-order valence-corrected chi connectivity index (χ1v) is 9.27. The topological polar surface area (TPSA) is 83.8 Å². The minimum absolute atomic E-state index is 0.0158. The lowest BCUT2D eigenvalue weighted by Crippen LogP contribution is -2.41. The highest BCUT2D eigenvalue weighted by Gasteiger charge is 2.16. The molecule has 1 aliphatic heterocycles. The average molecular weight is 364 g/mol. The van der Waals surface area contributed by atoms with Gasteiger partial charge >= 0.3 is 0 Å². The maximum atomic E-state index is 11.8. The van der Waals surface area contributed by atoms with Gasteiger partial charge in [-0.25, -0.2) is 4.99 Å². The number of aromatic nitrogens is 2. The summed E-state index contributed by atoms with van der Waals surface area (Å²) in [7, 11) is 3.48. The Kier molecular flexibility index (Phi) is 7.90. The molecule has 146 valence electrons. The van der Waals surface area contributed by atoms with Crippen molar-refractivity contribution in [3.63, 3.8) is 0 Å². The van der Waals surface area contributed by atoms with Gasteiger partial charge in [-0.05, 0) is 32.8 Å². The molecule has 0 saturated carbocycles. The number of carbonyl (C=O) groups excluding carboxylic acids is 1. The van der Waals surface area contributed by atoms with Crippen LogP contribution in [0, 0.1) is 19.8 Å². The number of likely N-dealkylation sites (N-methyl/N-ethyl adjacent to an activating group) is 1. The zero-order valence-electron chi connectivity index (χ0n) is 16.4. The molecule has 1 aliphatic rings. The van der Waals surface area contributed by atoms with Crippen molar-refractivity contribution >= 4 is 11.9 Å². The molecule has 2 rings (SSSR count). The molecule has 8 nitrogen and oxygen atoms in total. The van der Waals surface area contributed by atoms with Crippen LogP contribution in [0.3, 0.4) is 0 Å². The summed E-state index contributed by atoms with van der Waals surface area (Å²) in [5, 5.41) is 11.1. The van der Waals surface area contributed by atoms with Gasteiger partial charge in [0.2, 0.25) is 5.91 Å². The highest BCUT2D eigenvalue weighted by molar-refractivity contribution is 5.84. The number of rotatable bonds is 8. The van der Waals surface area contributed by atoms with Crippen LogP contribution in [0.4, 0.5) is 0 Å². The van der Waals surface area contributed by atoms with Crippen LogP contribution >= 0.6 is 0 Å². The number of guanidine groups is 1. The monoisotopic (exact) mass is 364 g/mol. The molecule has 1 aromatic rings. The van der Waals surface area contributed by atoms with E-state index in [0.717, 1.165) is 51.4 Å². The maximum absolute atomic E-state index is 11.8. The van der Waals surface area contributed by atoms with Crippen LogP contribution < -0.4 is 10.6 Å². The Morgan fingerprint density at radius 3 is 2.85 bits per heavy atom. The van der Waals surface area contributed by atoms with E-state index in [-0.39, 0.29) is 12.5 Å². The molecule has 0 spiro atoms. The standard InChI is InChI=1S/C18H32N6O2/c1-14-10-15(2)24(22-14)8-5-7-19-18(21-12-17(25)23(3)4)20-11-16-6-9-26-13-16/h10,16H,5-9,11-13H2,1-4H3,(H2,19,20,21). The molecule has 26 heavy (non-hydrogen) atoms. The Balaban J connectivity index is 1.80. The maximum Gasteiger partial charge on any atom is 0.243 e. The van der Waals surface area contributed by atoms with E-state index in [2.05, 4.69) is 33.7 Å². The summed E-state index contributed by atoms with van der Waals surface area (Å²) in [5.41, 5.74) is 2.22. The van der Waals surface area contributed by atoms with Gasteiger partial charge in [-0.3, -0.25) is 9.48 Å². The minimum atomic E-state index is -0.0158. The quantitative estimate of drug-likeness (QED) is 0.400. The van der Waals surface area contributed by atoms with E-state index in [9.17, 15) is 4.79 Å². The fourth-order valence-corrected chi connectivity index (χ4v) is 2.78. The molecule has 0 radical (unpaired) electrons. The van der Waals surface area contributed by atoms with Gasteiger partial charge in [0.05, 0.1) is 12.3 Å². The van der Waals surface area contributed by atoms with Crippen LogP contribution in [0.15, 0.2) is 11.1 Å². The lowest BCUT2D eigenvalue weighted by atomic mass is 10.1. The summed E-state index contributed by atoms with van der Waals surface area (Å²) in [6.45, 7) is 8.25. The predicted molar refractivity (Wildman–Crippen MR) is 102 cm³/mol. The van der Waals surface area contributed by atoms with Gasteiger partial charge in [-0.1, -0.05) is 0 Å². The number of carbonyl (C=O) groups is 1. The van der Waals surface area contributed by atoms with Crippen LogP contribution in [0.25, 0.3) is 0 Å². The first-order valence-electron chi connectivity index (χ1n) is 9.27. The number of hydrogen-bond donors (Lipinski definition) is 2. The first-order chi connectivity index (χ1) is 12.5. The van der Waals surface area contributed by atoms with Crippen LogP contribution in [0.1, 0.15) is 24.2 Å². The van der Waals surface area contributed by atoms with Gasteiger partial charge in [0.1, 0.15) is 6.54 Å². The van der Waals surface area contributed by atoms with Gasteiger partial charge in [-0.15, -0.1) is 0 Å². The van der Waals surface area contributed by atoms with Crippen LogP contribution in [-0.2, 0) is 16.1 Å². The van der Waals surface area contributed by atoms with Crippen molar-refractivity contribution in [3.8, 4) is 0 Å². The Labute approximate surface area is 156 Å². The fourth-order valence-electron chi connectivity index (χ4n) is 2.78. The molecular weight excluding hydrogens is 332 g/mol. The lowest BCUT2D eigenvalue weighted by Gasteiger charge is -2.16. The van der Waals surface area contributed by atoms with Crippen LogP contribution in [0.5, 0.6) is 0 Å². The average Bonchev–Trinajstić information content (AvgIpc) is 3.22. The summed E-state index contributed by atoms with van der Waals surface area (Å²) in [5.74, 6) is 1.17. The molecule has 1 saturated heterocycles. The SMILES string of the molecule is Cc1cc(C)n(CCCNC(=NCC(=O)N(C)C)NCC2CCOC2)n1. The zero-order chi connectivity index (χ0) is 18.9. The van der Waals surface area contributed by atoms with Gasteiger partial charge < -0.3 is 20.3 Å². The summed E-state index contributed by atoms with van der Waals surface area (Å²) in [6, 6.07) is 2.08. The van der Waals surface area contributed by atoms with E-state index in [1.807, 2.05) is 11.6 Å². The van der Waals surface area contributed by atoms with Crippen molar-refractivity contribution in [3.05, 3.63) is 17.5 Å². The number of nitrogens with zero attached hydrogens (tertiary/aromatic N) is 4. The molecule has 1 fully saturated rings. The van der Waals surface area contributed by atoms with Crippen molar-refractivity contribution < 1.29 is 9.53 Å². The third kappa shape index (κ3) is 6.67. The molecule has 1 aromatic heterocycles. The Morgan fingerprint density at radius 1 is 1.42 bits per heavy atom. The van der Waals surface area contributed by atoms with Gasteiger partial charge in [-0.2, -0.15) is 5.10 Å². The summed E-state index contributed by atoms with van der Waals surface area (Å²) in [6.07, 6.45) is 1.99. The number of amides is 1. The molecule has 1 amide bonds. The molecule has 0 aromatic carbocycles. The summed E-state index contributed by atoms with van der Waals surface area (Å²) >= 11 is 0. The van der Waals surface area contributed by atoms with Gasteiger partial charge in [0.25, 0.3) is 0 Å². The second-order valence-electron chi connectivity index (χ2n) is 6.99. The molecule has 2 heterocycles. The van der Waals surface area contributed by atoms with Crippen molar-refractivity contribution in [2.24, 2.45) is 10.9 Å². The van der Waals surface area contributed by atoms with Crippen LogP contribution in [-0.4, -0.2) is 73.5 Å². The fraction of sp³-hybridized carbons (Fsp3) is 0.722. The van der Waals surface area contributed by atoms with Crippen molar-refractivity contribution in [2.45, 2.75) is 33.2 Å². The van der Waals surface area contributed by atoms with Gasteiger partial charge in [0.15, 0.2) is 5.96 Å². The Morgan fingerprint density at radius 2 is 2.23 bits per heavy atom. The third-order valence-corrected chi connectivity index (χ3v) is 4.40. The molecule has 1 atom stereocenters. The molecule has 0 aliphatic carbocycles. The second kappa shape index (κ2) is 10.2. The third-order valence-electron chi connectivity index (χ3n) is 4.40. The predicted octanol–water partition coefficient (Wildman–Crippen LogP) is 0.550. The molecule has 2 N–H and O–H groups in total. The minimum Gasteiger partial charge on any atom is -0.381 e. The summed E-state index contributed by atoms with van der Waals surface area (Å²) in [4.78, 5) is 17.8. The van der Waals surface area contributed by atoms with E-state index in [1.165, 1.54) is 5.69 Å². The highest BCUT2D eigenvalue weighted by atomic mass is 16.5. The molecule has 8 heteroatoms. The number of ether oxygens (including phenoxy) is 1. The number of aliphatic imine (C=N–C) groups is 1. The number of hydrogen-bond acceptors (Lipinski definition) is 4. The Bertz CT molecular complexity index is 605. The van der Waals surface area contributed by atoms with E-state index in [4.69, 9.17) is 4.74 Å².